The first-order valence-electron chi connectivity index (χ1n) is 7.05. The Balaban J connectivity index is 2.98. The van der Waals surface area contributed by atoms with Crippen LogP contribution in [0.15, 0.2) is 42.0 Å². The lowest BCUT2D eigenvalue weighted by atomic mass is 9.87. The number of rotatable bonds is 4. The average Bonchev–Trinajstić information content (AvgIpc) is 2.47. The summed E-state index contributed by atoms with van der Waals surface area (Å²) in [4.78, 5) is 11.5. The number of carbonyl (C=O) groups is 1. The molecule has 4 heteroatoms. The molecule has 1 aromatic carbocycles. The zero-order chi connectivity index (χ0) is 16.8. The van der Waals surface area contributed by atoms with Gasteiger partial charge in [-0.05, 0) is 35.6 Å². The Kier molecular flexibility index (Phi) is 6.39. The first-order chi connectivity index (χ1) is 10.3. The van der Waals surface area contributed by atoms with E-state index < -0.39 is 5.97 Å². The van der Waals surface area contributed by atoms with E-state index >= 15 is 0 Å². The van der Waals surface area contributed by atoms with Gasteiger partial charge >= 0.3 is 5.97 Å². The number of hydrogen-bond donors (Lipinski definition) is 0. The Morgan fingerprint density at radius 2 is 1.86 bits per heavy atom. The average molecular weight is 318 g/mol. The van der Waals surface area contributed by atoms with Crippen molar-refractivity contribution in [3.63, 3.8) is 0 Å². The Hall–Kier alpha value is -2.05. The molecule has 0 fully saturated rings. The molecule has 116 valence electrons. The van der Waals surface area contributed by atoms with Crippen molar-refractivity contribution >= 4 is 22.6 Å². The van der Waals surface area contributed by atoms with Gasteiger partial charge in [-0.25, -0.2) is 4.79 Å². The van der Waals surface area contributed by atoms with E-state index in [1.807, 2.05) is 24.3 Å². The highest BCUT2D eigenvalue weighted by atomic mass is 35.5. The maximum absolute atomic E-state index is 11.5. The largest absolute Gasteiger partial charge is 0.462 e. The van der Waals surface area contributed by atoms with Crippen molar-refractivity contribution in [1.82, 2.24) is 0 Å². The van der Waals surface area contributed by atoms with Gasteiger partial charge in [0, 0.05) is 5.03 Å². The Labute approximate surface area is 136 Å². The van der Waals surface area contributed by atoms with Crippen molar-refractivity contribution < 1.29 is 9.53 Å². The Morgan fingerprint density at radius 1 is 1.27 bits per heavy atom. The zero-order valence-corrected chi connectivity index (χ0v) is 14.1. The monoisotopic (exact) mass is 317 g/mol. The maximum Gasteiger partial charge on any atom is 0.348 e. The minimum absolute atomic E-state index is 0.0759. The predicted octanol–water partition coefficient (Wildman–Crippen LogP) is 4.58. The summed E-state index contributed by atoms with van der Waals surface area (Å²) in [5.74, 6) is -0.645. The molecular formula is C18H20ClNO2. The normalized spacial score (nSPS) is 12.7. The molecule has 0 saturated heterocycles. The van der Waals surface area contributed by atoms with Gasteiger partial charge in [0.1, 0.15) is 11.6 Å². The van der Waals surface area contributed by atoms with E-state index in [0.29, 0.717) is 5.03 Å². The lowest BCUT2D eigenvalue weighted by Crippen LogP contribution is -2.10. The summed E-state index contributed by atoms with van der Waals surface area (Å²) in [5.41, 5.74) is 2.03. The van der Waals surface area contributed by atoms with Gasteiger partial charge in [0.05, 0.1) is 6.61 Å². The highest BCUT2D eigenvalue weighted by Crippen LogP contribution is 2.25. The molecule has 22 heavy (non-hydrogen) atoms. The number of ether oxygens (including phenoxy) is 1. The molecule has 0 bridgehead atoms. The highest BCUT2D eigenvalue weighted by Gasteiger charge is 2.13. The van der Waals surface area contributed by atoms with Crippen LogP contribution in [-0.2, 0) is 14.9 Å². The van der Waals surface area contributed by atoms with E-state index in [9.17, 15) is 4.79 Å². The molecule has 0 heterocycles. The van der Waals surface area contributed by atoms with E-state index in [0.717, 1.165) is 5.56 Å². The topological polar surface area (TPSA) is 50.1 Å². The van der Waals surface area contributed by atoms with Crippen LogP contribution in [0.3, 0.4) is 0 Å². The molecule has 0 amide bonds. The summed E-state index contributed by atoms with van der Waals surface area (Å²) < 4.78 is 4.78. The van der Waals surface area contributed by atoms with E-state index in [1.165, 1.54) is 17.7 Å². The first kappa shape index (κ1) is 18.0. The van der Waals surface area contributed by atoms with Gasteiger partial charge in [0.2, 0.25) is 0 Å². The summed E-state index contributed by atoms with van der Waals surface area (Å²) in [6.45, 7) is 8.33. The SMILES string of the molecule is CCOC(=O)/C(C#N)=C\C=C(\Cl)c1ccc(C(C)(C)C)cc1. The molecular weight excluding hydrogens is 298 g/mol. The molecule has 0 spiro atoms. The van der Waals surface area contributed by atoms with E-state index in [1.54, 1.807) is 13.0 Å². The number of nitriles is 1. The van der Waals surface area contributed by atoms with Crippen LogP contribution in [0.1, 0.15) is 38.8 Å². The van der Waals surface area contributed by atoms with Gasteiger partial charge in [0.15, 0.2) is 0 Å². The van der Waals surface area contributed by atoms with Gasteiger partial charge in [-0.15, -0.1) is 0 Å². The molecule has 1 rings (SSSR count). The summed E-state index contributed by atoms with van der Waals surface area (Å²) >= 11 is 6.21. The minimum Gasteiger partial charge on any atom is -0.462 e. The van der Waals surface area contributed by atoms with E-state index in [2.05, 4.69) is 20.8 Å². The van der Waals surface area contributed by atoms with Gasteiger partial charge < -0.3 is 4.74 Å². The van der Waals surface area contributed by atoms with Crippen LogP contribution in [-0.4, -0.2) is 12.6 Å². The zero-order valence-electron chi connectivity index (χ0n) is 13.3. The quantitative estimate of drug-likeness (QED) is 0.353. The second-order valence-corrected chi connectivity index (χ2v) is 6.16. The standard InChI is InChI=1S/C18H20ClNO2/c1-5-22-17(21)14(12-20)8-11-16(19)13-6-9-15(10-7-13)18(2,3)4/h6-11H,5H2,1-4H3/b14-8-,16-11+. The fourth-order valence-corrected chi connectivity index (χ4v) is 1.93. The molecule has 0 aliphatic rings. The molecule has 0 radical (unpaired) electrons. The van der Waals surface area contributed by atoms with Gasteiger partial charge in [0.25, 0.3) is 0 Å². The summed E-state index contributed by atoms with van der Waals surface area (Å²) in [5, 5.41) is 9.40. The maximum atomic E-state index is 11.5. The van der Waals surface area contributed by atoms with Gasteiger partial charge in [-0.2, -0.15) is 5.26 Å². The first-order valence-corrected chi connectivity index (χ1v) is 7.43. The van der Waals surface area contributed by atoms with Gasteiger partial charge in [-0.3, -0.25) is 0 Å². The molecule has 3 nitrogen and oxygen atoms in total. The fourth-order valence-electron chi connectivity index (χ4n) is 1.74. The third-order valence-electron chi connectivity index (χ3n) is 3.04. The third-order valence-corrected chi connectivity index (χ3v) is 3.38. The lowest BCUT2D eigenvalue weighted by molar-refractivity contribution is -0.138. The third kappa shape index (κ3) is 5.05. The van der Waals surface area contributed by atoms with Crippen LogP contribution < -0.4 is 0 Å². The number of benzene rings is 1. The van der Waals surface area contributed by atoms with Crippen LogP contribution in [0.25, 0.3) is 5.03 Å². The number of esters is 1. The van der Waals surface area contributed by atoms with Crippen molar-refractivity contribution in [2.75, 3.05) is 6.61 Å². The Bertz CT molecular complexity index is 629. The summed E-state index contributed by atoms with van der Waals surface area (Å²) in [7, 11) is 0. The number of nitrogens with zero attached hydrogens (tertiary/aromatic N) is 1. The molecule has 0 unspecified atom stereocenters. The van der Waals surface area contributed by atoms with Crippen molar-refractivity contribution in [2.45, 2.75) is 33.1 Å². The second-order valence-electron chi connectivity index (χ2n) is 5.75. The van der Waals surface area contributed by atoms with Gasteiger partial charge in [-0.1, -0.05) is 56.6 Å². The smallest absolute Gasteiger partial charge is 0.348 e. The minimum atomic E-state index is -0.645. The van der Waals surface area contributed by atoms with Crippen LogP contribution in [0, 0.1) is 11.3 Å². The molecule has 0 N–H and O–H groups in total. The summed E-state index contributed by atoms with van der Waals surface area (Å²) in [6, 6.07) is 9.69. The van der Waals surface area contributed by atoms with Crippen molar-refractivity contribution in [2.24, 2.45) is 0 Å². The molecule has 0 aromatic heterocycles. The summed E-state index contributed by atoms with van der Waals surface area (Å²) in [6.07, 6.45) is 2.90. The molecule has 0 atom stereocenters. The number of halogens is 1. The molecule has 0 aliphatic carbocycles. The van der Waals surface area contributed by atoms with Crippen LogP contribution in [0.5, 0.6) is 0 Å². The fraction of sp³-hybridized carbons (Fsp3) is 0.333. The van der Waals surface area contributed by atoms with Crippen molar-refractivity contribution in [1.29, 1.82) is 5.26 Å². The molecule has 0 aliphatic heterocycles. The molecule has 0 saturated carbocycles. The van der Waals surface area contributed by atoms with Crippen LogP contribution >= 0.6 is 11.6 Å². The van der Waals surface area contributed by atoms with E-state index in [4.69, 9.17) is 21.6 Å². The van der Waals surface area contributed by atoms with Crippen LogP contribution in [0.4, 0.5) is 0 Å². The predicted molar refractivity (Wildman–Crippen MR) is 89.3 cm³/mol. The second kappa shape index (κ2) is 7.82. The highest BCUT2D eigenvalue weighted by molar-refractivity contribution is 6.48. The number of hydrogen-bond acceptors (Lipinski definition) is 3. The lowest BCUT2D eigenvalue weighted by Gasteiger charge is -2.19. The number of carbonyl (C=O) groups excluding carboxylic acids is 1. The number of allylic oxidation sites excluding steroid dienone is 2. The van der Waals surface area contributed by atoms with E-state index in [-0.39, 0.29) is 17.6 Å². The molecule has 1 aromatic rings. The van der Waals surface area contributed by atoms with Crippen molar-refractivity contribution in [3.05, 3.63) is 53.1 Å². The van der Waals surface area contributed by atoms with Crippen molar-refractivity contribution in [3.8, 4) is 6.07 Å². The Morgan fingerprint density at radius 3 is 2.32 bits per heavy atom. The van der Waals surface area contributed by atoms with Crippen LogP contribution in [0.2, 0.25) is 0 Å².